The van der Waals surface area contributed by atoms with E-state index in [1.807, 2.05) is 31.1 Å². The van der Waals surface area contributed by atoms with Gasteiger partial charge in [-0.15, -0.1) is 11.3 Å². The standard InChI is InChI=1S/C23H23ClF3N5OS2/c1-31-4-3-13-8-17(16(24)7-14(13)11-31)29-22-28-10-15(23(25,26)27)21(30-22)18-9-20-19(34-18)12-32(2)5-6-35(20)33/h7-10H,3-6,11-12H2,1-2H3,(H,28,29,30). The molecule has 0 radical (unpaired) electrons. The Kier molecular flexibility index (Phi) is 6.64. The molecule has 0 aliphatic carbocycles. The molecule has 186 valence electrons. The van der Waals surface area contributed by atoms with Crippen LogP contribution in [-0.2, 0) is 36.5 Å². The van der Waals surface area contributed by atoms with Crippen molar-refractivity contribution in [2.75, 3.05) is 38.3 Å². The zero-order chi connectivity index (χ0) is 24.9. The molecule has 12 heteroatoms. The average molecular weight is 542 g/mol. The van der Waals surface area contributed by atoms with Crippen LogP contribution in [-0.4, -0.2) is 56.9 Å². The Balaban J connectivity index is 1.54. The predicted molar refractivity (Wildman–Crippen MR) is 133 cm³/mol. The second-order valence-electron chi connectivity index (χ2n) is 8.85. The van der Waals surface area contributed by atoms with Crippen LogP contribution in [0.5, 0.6) is 0 Å². The fourth-order valence-electron chi connectivity index (χ4n) is 4.28. The number of anilines is 2. The summed E-state index contributed by atoms with van der Waals surface area (Å²) in [7, 11) is 2.67. The number of benzene rings is 1. The Bertz CT molecular complexity index is 1310. The van der Waals surface area contributed by atoms with Gasteiger partial charge in [-0.25, -0.2) is 9.97 Å². The van der Waals surface area contributed by atoms with E-state index in [1.165, 1.54) is 11.3 Å². The fourth-order valence-corrected chi connectivity index (χ4v) is 7.39. The van der Waals surface area contributed by atoms with E-state index in [-0.39, 0.29) is 11.6 Å². The first-order valence-corrected chi connectivity index (χ1v) is 13.5. The molecule has 0 spiro atoms. The summed E-state index contributed by atoms with van der Waals surface area (Å²) < 4.78 is 54.3. The number of halogens is 4. The van der Waals surface area contributed by atoms with Gasteiger partial charge in [0, 0.05) is 43.0 Å². The number of nitrogens with one attached hydrogen (secondary N) is 1. The third kappa shape index (κ3) is 5.10. The van der Waals surface area contributed by atoms with Crippen molar-refractivity contribution in [2.45, 2.75) is 30.6 Å². The van der Waals surface area contributed by atoms with Gasteiger partial charge in [0.1, 0.15) is 5.56 Å². The number of rotatable bonds is 3. The van der Waals surface area contributed by atoms with Crippen molar-refractivity contribution in [3.63, 3.8) is 0 Å². The molecule has 0 saturated carbocycles. The molecule has 2 aliphatic heterocycles. The molecule has 3 aromatic rings. The van der Waals surface area contributed by atoms with E-state index in [0.29, 0.717) is 39.3 Å². The molecule has 0 fully saturated rings. The lowest BCUT2D eigenvalue weighted by molar-refractivity contribution is -0.137. The summed E-state index contributed by atoms with van der Waals surface area (Å²) in [4.78, 5) is 14.1. The van der Waals surface area contributed by atoms with E-state index in [0.717, 1.165) is 41.7 Å². The molecule has 1 N–H and O–H groups in total. The molecule has 4 heterocycles. The first-order chi connectivity index (χ1) is 16.6. The van der Waals surface area contributed by atoms with Gasteiger partial charge in [0.15, 0.2) is 0 Å². The molecule has 35 heavy (non-hydrogen) atoms. The van der Waals surface area contributed by atoms with Crippen LogP contribution in [0.1, 0.15) is 21.6 Å². The molecule has 0 amide bonds. The minimum Gasteiger partial charge on any atom is -0.323 e. The first-order valence-electron chi connectivity index (χ1n) is 11.0. The lowest BCUT2D eigenvalue weighted by Gasteiger charge is -2.26. The van der Waals surface area contributed by atoms with E-state index in [4.69, 9.17) is 11.6 Å². The first kappa shape index (κ1) is 24.6. The van der Waals surface area contributed by atoms with Crippen LogP contribution in [0.3, 0.4) is 0 Å². The summed E-state index contributed by atoms with van der Waals surface area (Å²) in [6.07, 6.45) is -3.00. The Labute approximate surface area is 212 Å². The van der Waals surface area contributed by atoms with Crippen molar-refractivity contribution in [2.24, 2.45) is 0 Å². The van der Waals surface area contributed by atoms with Crippen LogP contribution in [0.2, 0.25) is 5.02 Å². The minimum atomic E-state index is -4.64. The number of hydrogen-bond acceptors (Lipinski definition) is 7. The molecule has 0 saturated heterocycles. The molecule has 1 unspecified atom stereocenters. The number of likely N-dealkylation sites (N-methyl/N-ethyl adjacent to an activating group) is 1. The smallest absolute Gasteiger partial charge is 0.323 e. The van der Waals surface area contributed by atoms with E-state index in [1.54, 1.807) is 6.07 Å². The summed E-state index contributed by atoms with van der Waals surface area (Å²) in [6, 6.07) is 5.37. The molecule has 2 aromatic heterocycles. The lowest BCUT2D eigenvalue weighted by Crippen LogP contribution is -2.26. The second kappa shape index (κ2) is 9.44. The summed E-state index contributed by atoms with van der Waals surface area (Å²) in [5, 5.41) is 3.46. The minimum absolute atomic E-state index is 0.0182. The molecule has 2 aliphatic rings. The van der Waals surface area contributed by atoms with E-state index in [2.05, 4.69) is 20.2 Å². The van der Waals surface area contributed by atoms with Crippen LogP contribution in [0.15, 0.2) is 29.3 Å². The predicted octanol–water partition coefficient (Wildman–Crippen LogP) is 5.16. The number of alkyl halides is 3. The van der Waals surface area contributed by atoms with Gasteiger partial charge in [0.2, 0.25) is 5.95 Å². The van der Waals surface area contributed by atoms with Crippen molar-refractivity contribution in [3.8, 4) is 10.6 Å². The normalized spacial score (nSPS) is 19.2. The highest BCUT2D eigenvalue weighted by molar-refractivity contribution is 7.85. The molecule has 0 bridgehead atoms. The Hall–Kier alpha value is -2.05. The summed E-state index contributed by atoms with van der Waals surface area (Å²) in [6.45, 7) is 2.89. The lowest BCUT2D eigenvalue weighted by atomic mass is 9.99. The van der Waals surface area contributed by atoms with Gasteiger partial charge < -0.3 is 15.1 Å². The number of thiophene rings is 1. The topological polar surface area (TPSA) is 61.4 Å². The van der Waals surface area contributed by atoms with Crippen LogP contribution >= 0.6 is 22.9 Å². The highest BCUT2D eigenvalue weighted by Crippen LogP contribution is 2.41. The Morgan fingerprint density at radius 1 is 1.11 bits per heavy atom. The van der Waals surface area contributed by atoms with Crippen molar-refractivity contribution in [1.29, 1.82) is 0 Å². The van der Waals surface area contributed by atoms with Gasteiger partial charge in [0.05, 0.1) is 37.0 Å². The second-order valence-corrected chi connectivity index (χ2v) is 11.9. The molecular formula is C23H23ClF3N5OS2. The number of hydrogen-bond donors (Lipinski definition) is 1. The zero-order valence-electron chi connectivity index (χ0n) is 19.1. The monoisotopic (exact) mass is 541 g/mol. The van der Waals surface area contributed by atoms with Gasteiger partial charge in [-0.1, -0.05) is 11.6 Å². The van der Waals surface area contributed by atoms with Crippen molar-refractivity contribution in [1.82, 2.24) is 19.8 Å². The van der Waals surface area contributed by atoms with Crippen LogP contribution in [0.4, 0.5) is 24.8 Å². The number of fused-ring (bicyclic) bond motifs is 2. The van der Waals surface area contributed by atoms with Gasteiger partial charge in [-0.05, 0) is 49.8 Å². The molecule has 6 nitrogen and oxygen atoms in total. The van der Waals surface area contributed by atoms with Crippen LogP contribution in [0, 0.1) is 0 Å². The van der Waals surface area contributed by atoms with E-state index < -0.39 is 22.5 Å². The highest BCUT2D eigenvalue weighted by atomic mass is 35.5. The quantitative estimate of drug-likeness (QED) is 0.494. The van der Waals surface area contributed by atoms with Gasteiger partial charge in [0.25, 0.3) is 0 Å². The van der Waals surface area contributed by atoms with Crippen LogP contribution < -0.4 is 5.32 Å². The third-order valence-corrected chi connectivity index (χ3v) is 9.13. The van der Waals surface area contributed by atoms with E-state index in [9.17, 15) is 17.4 Å². The Morgan fingerprint density at radius 2 is 1.89 bits per heavy atom. The fraction of sp³-hybridized carbons (Fsp3) is 0.391. The SMILES string of the molecule is CN1CCc2cc(Nc3ncc(C(F)(F)F)c(-c4cc5c(s4)CN(C)CCS5=O)n3)c(Cl)cc2C1. The van der Waals surface area contributed by atoms with Crippen molar-refractivity contribution in [3.05, 3.63) is 51.0 Å². The summed E-state index contributed by atoms with van der Waals surface area (Å²) >= 11 is 7.67. The Morgan fingerprint density at radius 3 is 2.66 bits per heavy atom. The number of nitrogens with zero attached hydrogens (tertiary/aromatic N) is 4. The van der Waals surface area contributed by atoms with E-state index >= 15 is 0 Å². The average Bonchev–Trinajstić information content (AvgIpc) is 3.15. The van der Waals surface area contributed by atoms with Crippen LogP contribution in [0.25, 0.3) is 10.6 Å². The number of aromatic nitrogens is 2. The third-order valence-electron chi connectivity index (χ3n) is 6.15. The maximum atomic E-state index is 13.9. The maximum absolute atomic E-state index is 13.9. The molecule has 5 rings (SSSR count). The summed E-state index contributed by atoms with van der Waals surface area (Å²) in [5.74, 6) is 0.458. The highest BCUT2D eigenvalue weighted by Gasteiger charge is 2.36. The molecular weight excluding hydrogens is 519 g/mol. The maximum Gasteiger partial charge on any atom is 0.420 e. The molecule has 1 atom stereocenters. The summed E-state index contributed by atoms with van der Waals surface area (Å²) in [5.41, 5.74) is 1.64. The molecule has 1 aromatic carbocycles. The largest absolute Gasteiger partial charge is 0.420 e. The van der Waals surface area contributed by atoms with Gasteiger partial charge >= 0.3 is 6.18 Å². The van der Waals surface area contributed by atoms with Crippen molar-refractivity contribution < 1.29 is 17.4 Å². The van der Waals surface area contributed by atoms with Gasteiger partial charge in [-0.2, -0.15) is 13.2 Å². The zero-order valence-corrected chi connectivity index (χ0v) is 21.5. The van der Waals surface area contributed by atoms with Gasteiger partial charge in [-0.3, -0.25) is 4.21 Å². The van der Waals surface area contributed by atoms with Crippen molar-refractivity contribution >= 4 is 45.4 Å².